The van der Waals surface area contributed by atoms with Gasteiger partial charge in [0.25, 0.3) is 0 Å². The van der Waals surface area contributed by atoms with Crippen LogP contribution in [0, 0.1) is 0 Å². The van der Waals surface area contributed by atoms with E-state index in [0.29, 0.717) is 0 Å². The molecule has 0 fully saturated rings. The highest BCUT2D eigenvalue weighted by Gasteiger charge is 1.98. The van der Waals surface area contributed by atoms with Gasteiger partial charge in [0.05, 0.1) is 25.1 Å². The Kier molecular flexibility index (Phi) is 7.67. The van der Waals surface area contributed by atoms with E-state index >= 15 is 0 Å². The summed E-state index contributed by atoms with van der Waals surface area (Å²) < 4.78 is 10.9. The number of unbranched alkanes of at least 4 members (excludes halogenated alkanes) is 3. The molecule has 2 aromatic carbocycles. The van der Waals surface area contributed by atoms with Crippen LogP contribution in [0.5, 0.6) is 11.5 Å². The smallest absolute Gasteiger partial charge is 0.119 e. The van der Waals surface area contributed by atoms with E-state index in [1.807, 2.05) is 54.7 Å². The van der Waals surface area contributed by atoms with Gasteiger partial charge in [0, 0.05) is 11.9 Å². The van der Waals surface area contributed by atoms with Gasteiger partial charge in [0.1, 0.15) is 11.5 Å². The Hall–Kier alpha value is -3.08. The van der Waals surface area contributed by atoms with Gasteiger partial charge < -0.3 is 14.5 Å². The molecule has 1 aromatic heterocycles. The van der Waals surface area contributed by atoms with Crippen molar-refractivity contribution in [2.45, 2.75) is 32.1 Å². The molecule has 0 unspecified atom stereocenters. The maximum absolute atomic E-state index is 5.81. The zero-order valence-corrected chi connectivity index (χ0v) is 16.3. The third-order valence-corrected chi connectivity index (χ3v) is 4.46. The summed E-state index contributed by atoms with van der Waals surface area (Å²) in [6.07, 6.45) is 7.81. The molecule has 28 heavy (non-hydrogen) atoms. The van der Waals surface area contributed by atoms with Crippen LogP contribution in [0.15, 0.2) is 77.1 Å². The van der Waals surface area contributed by atoms with Crippen molar-refractivity contribution in [3.8, 4) is 11.5 Å². The monoisotopic (exact) mass is 377 g/mol. The highest BCUT2D eigenvalue weighted by Crippen LogP contribution is 2.23. The maximum atomic E-state index is 5.81. The van der Waals surface area contributed by atoms with Gasteiger partial charge in [-0.25, -0.2) is 0 Å². The normalized spacial score (nSPS) is 11.0. The van der Waals surface area contributed by atoms with E-state index in [1.54, 1.807) is 7.11 Å². The molecule has 5 heteroatoms. The summed E-state index contributed by atoms with van der Waals surface area (Å²) in [7, 11) is 1.64. The molecule has 1 heterocycles. The predicted molar refractivity (Wildman–Crippen MR) is 112 cm³/mol. The summed E-state index contributed by atoms with van der Waals surface area (Å²) in [6, 6.07) is 19.4. The van der Waals surface area contributed by atoms with Crippen molar-refractivity contribution >= 4 is 11.4 Å². The van der Waals surface area contributed by atoms with Crippen LogP contribution in [0.25, 0.3) is 0 Å². The molecule has 3 aromatic rings. The fraction of sp³-hybridized carbons (Fsp3) is 0.304. The van der Waals surface area contributed by atoms with Crippen LogP contribution in [0.1, 0.15) is 31.4 Å². The molecule has 0 saturated heterocycles. The van der Waals surface area contributed by atoms with E-state index in [0.717, 1.165) is 42.3 Å². The Morgan fingerprint density at radius 1 is 0.750 bits per heavy atom. The molecule has 0 atom stereocenters. The zero-order valence-electron chi connectivity index (χ0n) is 16.3. The minimum atomic E-state index is 0.745. The Bertz CT molecular complexity index is 825. The van der Waals surface area contributed by atoms with Crippen molar-refractivity contribution in [3.05, 3.63) is 72.6 Å². The van der Waals surface area contributed by atoms with Crippen molar-refractivity contribution in [1.82, 2.24) is 4.98 Å². The average molecular weight is 377 g/mol. The molecule has 0 amide bonds. The lowest BCUT2D eigenvalue weighted by atomic mass is 10.1. The first-order valence-electron chi connectivity index (χ1n) is 9.74. The number of H-pyrrole nitrogens is 1. The van der Waals surface area contributed by atoms with Crippen LogP contribution < -0.4 is 9.47 Å². The SMILES string of the molecule is COc1ccc(N=Nc2ccc(OCCCCCCc3ccc[nH]3)cc2)cc1. The van der Waals surface area contributed by atoms with Gasteiger partial charge in [-0.15, -0.1) is 0 Å². The molecule has 0 spiro atoms. The third-order valence-electron chi connectivity index (χ3n) is 4.46. The molecular formula is C23H27N3O2. The summed E-state index contributed by atoms with van der Waals surface area (Å²) in [5, 5.41) is 8.48. The molecule has 3 rings (SSSR count). The van der Waals surface area contributed by atoms with Gasteiger partial charge in [-0.2, -0.15) is 10.2 Å². The average Bonchev–Trinajstić information content (AvgIpc) is 3.26. The lowest BCUT2D eigenvalue weighted by Gasteiger charge is -2.06. The lowest BCUT2D eigenvalue weighted by molar-refractivity contribution is 0.304. The first-order chi connectivity index (χ1) is 13.8. The van der Waals surface area contributed by atoms with Crippen LogP contribution in [0.2, 0.25) is 0 Å². The Morgan fingerprint density at radius 3 is 2.00 bits per heavy atom. The fourth-order valence-corrected chi connectivity index (χ4v) is 2.86. The summed E-state index contributed by atoms with van der Waals surface area (Å²) in [4.78, 5) is 3.24. The molecule has 0 aliphatic rings. The minimum absolute atomic E-state index is 0.745. The standard InChI is InChI=1S/C23H27N3O2/c1-27-22-13-9-20(10-14-22)25-26-21-11-15-23(16-12-21)28-18-5-3-2-4-7-19-8-6-17-24-19/h6,8-17,24H,2-5,7,18H2,1H3. The van der Waals surface area contributed by atoms with Gasteiger partial charge in [0.15, 0.2) is 0 Å². The minimum Gasteiger partial charge on any atom is -0.497 e. The van der Waals surface area contributed by atoms with E-state index in [2.05, 4.69) is 27.3 Å². The number of methoxy groups -OCH3 is 1. The zero-order chi connectivity index (χ0) is 19.4. The Morgan fingerprint density at radius 2 is 1.39 bits per heavy atom. The van der Waals surface area contributed by atoms with Gasteiger partial charge in [0.2, 0.25) is 0 Å². The van der Waals surface area contributed by atoms with E-state index in [-0.39, 0.29) is 0 Å². The van der Waals surface area contributed by atoms with Crippen LogP contribution in [0.3, 0.4) is 0 Å². The second-order valence-electron chi connectivity index (χ2n) is 6.60. The molecule has 1 N–H and O–H groups in total. The molecule has 5 nitrogen and oxygen atoms in total. The van der Waals surface area contributed by atoms with Gasteiger partial charge >= 0.3 is 0 Å². The van der Waals surface area contributed by atoms with Gasteiger partial charge in [-0.05, 0) is 79.9 Å². The number of hydrogen-bond acceptors (Lipinski definition) is 4. The van der Waals surface area contributed by atoms with Gasteiger partial charge in [-0.1, -0.05) is 12.8 Å². The second-order valence-corrected chi connectivity index (χ2v) is 6.60. The molecular weight excluding hydrogens is 350 g/mol. The number of azo groups is 1. The van der Waals surface area contributed by atoms with Crippen molar-refractivity contribution < 1.29 is 9.47 Å². The molecule has 146 valence electrons. The summed E-state index contributed by atoms with van der Waals surface area (Å²) in [6.45, 7) is 0.745. The molecule has 0 aliphatic carbocycles. The number of nitrogens with one attached hydrogen (secondary N) is 1. The molecule has 0 aliphatic heterocycles. The highest BCUT2D eigenvalue weighted by atomic mass is 16.5. The summed E-state index contributed by atoms with van der Waals surface area (Å²) >= 11 is 0. The lowest BCUT2D eigenvalue weighted by Crippen LogP contribution is -1.97. The molecule has 0 bridgehead atoms. The number of rotatable bonds is 11. The quantitative estimate of drug-likeness (QED) is 0.301. The first-order valence-corrected chi connectivity index (χ1v) is 9.74. The summed E-state index contributed by atoms with van der Waals surface area (Å²) in [5.74, 6) is 1.68. The maximum Gasteiger partial charge on any atom is 0.119 e. The number of ether oxygens (including phenoxy) is 2. The number of aromatic amines is 1. The van der Waals surface area contributed by atoms with Gasteiger partial charge in [-0.3, -0.25) is 0 Å². The van der Waals surface area contributed by atoms with Crippen LogP contribution in [0.4, 0.5) is 11.4 Å². The Labute approximate surface area is 166 Å². The van der Waals surface area contributed by atoms with Crippen LogP contribution in [-0.4, -0.2) is 18.7 Å². The van der Waals surface area contributed by atoms with Crippen molar-refractivity contribution in [3.63, 3.8) is 0 Å². The molecule has 0 radical (unpaired) electrons. The largest absolute Gasteiger partial charge is 0.497 e. The van der Waals surface area contributed by atoms with Crippen molar-refractivity contribution in [2.24, 2.45) is 10.2 Å². The predicted octanol–water partition coefficient (Wildman–Crippen LogP) is 6.62. The van der Waals surface area contributed by atoms with Crippen LogP contribution >= 0.6 is 0 Å². The third kappa shape index (κ3) is 6.58. The number of nitrogens with zero attached hydrogens (tertiary/aromatic N) is 2. The Balaban J connectivity index is 1.33. The number of benzene rings is 2. The highest BCUT2D eigenvalue weighted by molar-refractivity contribution is 5.44. The number of aromatic nitrogens is 1. The van der Waals surface area contributed by atoms with Crippen LogP contribution in [-0.2, 0) is 6.42 Å². The van der Waals surface area contributed by atoms with E-state index in [1.165, 1.54) is 25.0 Å². The second kappa shape index (κ2) is 10.9. The first kappa shape index (κ1) is 19.7. The summed E-state index contributed by atoms with van der Waals surface area (Å²) in [5.41, 5.74) is 2.91. The topological polar surface area (TPSA) is 59.0 Å². The molecule has 0 saturated carbocycles. The van der Waals surface area contributed by atoms with Crippen molar-refractivity contribution in [2.75, 3.05) is 13.7 Å². The number of hydrogen-bond donors (Lipinski definition) is 1. The van der Waals surface area contributed by atoms with E-state index in [4.69, 9.17) is 9.47 Å². The van der Waals surface area contributed by atoms with E-state index < -0.39 is 0 Å². The van der Waals surface area contributed by atoms with Crippen molar-refractivity contribution in [1.29, 1.82) is 0 Å². The fourth-order valence-electron chi connectivity index (χ4n) is 2.86. The number of aryl methyl sites for hydroxylation is 1. The van der Waals surface area contributed by atoms with E-state index in [9.17, 15) is 0 Å².